The lowest BCUT2D eigenvalue weighted by Crippen LogP contribution is -2.22. The van der Waals surface area contributed by atoms with Gasteiger partial charge in [-0.15, -0.1) is 0 Å². The number of ether oxygens (including phenoxy) is 1. The maximum atomic E-state index is 10.4. The van der Waals surface area contributed by atoms with E-state index in [1.807, 2.05) is 0 Å². The number of carboxylic acid groups (broad SMARTS) is 1. The summed E-state index contributed by atoms with van der Waals surface area (Å²) in [5, 5.41) is 8.53. The normalized spacial score (nSPS) is 31.0. The second-order valence-electron chi connectivity index (χ2n) is 4.11. The molecule has 14 heavy (non-hydrogen) atoms. The Bertz CT molecular complexity index is 257. The first-order valence-electron chi connectivity index (χ1n) is 5.31. The van der Waals surface area contributed by atoms with E-state index in [4.69, 9.17) is 9.84 Å². The molecule has 1 fully saturated rings. The Labute approximate surface area is 83.8 Å². The Morgan fingerprint density at radius 2 is 2.36 bits per heavy atom. The monoisotopic (exact) mass is 196 g/mol. The summed E-state index contributed by atoms with van der Waals surface area (Å²) in [4.78, 5) is 10.4. The van der Waals surface area contributed by atoms with Gasteiger partial charge in [0.2, 0.25) is 0 Å². The zero-order chi connectivity index (χ0) is 9.97. The molecule has 0 aromatic carbocycles. The van der Waals surface area contributed by atoms with E-state index in [-0.39, 0.29) is 12.7 Å². The summed E-state index contributed by atoms with van der Waals surface area (Å²) in [6, 6.07) is 0. The van der Waals surface area contributed by atoms with Crippen LogP contribution in [0.25, 0.3) is 0 Å². The van der Waals surface area contributed by atoms with Crippen LogP contribution in [-0.4, -0.2) is 23.8 Å². The predicted octanol–water partition coefficient (Wildman–Crippen LogP) is 1.98. The maximum Gasteiger partial charge on any atom is 0.329 e. The molecule has 2 rings (SSSR count). The number of aliphatic carboxylic acids is 1. The standard InChI is InChI=1S/C11H16O3/c12-11(13)7-14-10-5-3-1-2-4-8-6-9(8)10/h6,9-10H,1-5,7H2,(H,12,13). The summed E-state index contributed by atoms with van der Waals surface area (Å²) in [7, 11) is 0. The second-order valence-corrected chi connectivity index (χ2v) is 4.11. The Morgan fingerprint density at radius 1 is 1.50 bits per heavy atom. The minimum absolute atomic E-state index is 0.140. The molecule has 0 amide bonds. The van der Waals surface area contributed by atoms with Crippen molar-refractivity contribution in [1.29, 1.82) is 0 Å². The largest absolute Gasteiger partial charge is 0.480 e. The minimum Gasteiger partial charge on any atom is -0.480 e. The first-order valence-corrected chi connectivity index (χ1v) is 5.31. The molecule has 0 aromatic heterocycles. The molecule has 0 aliphatic heterocycles. The fourth-order valence-electron chi connectivity index (χ4n) is 2.17. The SMILES string of the molecule is O=C(O)COC1CCCCCC2=CC21. The average Bonchev–Trinajstić information content (AvgIpc) is 2.82. The van der Waals surface area contributed by atoms with Crippen molar-refractivity contribution in [2.45, 2.75) is 38.2 Å². The van der Waals surface area contributed by atoms with Gasteiger partial charge in [-0.25, -0.2) is 4.79 Å². The molecule has 0 heterocycles. The fraction of sp³-hybridized carbons (Fsp3) is 0.727. The molecule has 78 valence electrons. The third-order valence-corrected chi connectivity index (χ3v) is 2.99. The minimum atomic E-state index is -0.866. The van der Waals surface area contributed by atoms with Crippen LogP contribution < -0.4 is 0 Å². The summed E-state index contributed by atoms with van der Waals surface area (Å²) in [6.45, 7) is -0.151. The van der Waals surface area contributed by atoms with E-state index in [0.29, 0.717) is 5.92 Å². The number of rotatable bonds is 3. The van der Waals surface area contributed by atoms with Crippen molar-refractivity contribution in [3.8, 4) is 0 Å². The van der Waals surface area contributed by atoms with Crippen LogP contribution in [0.1, 0.15) is 32.1 Å². The molecule has 2 unspecified atom stereocenters. The van der Waals surface area contributed by atoms with Gasteiger partial charge in [-0.3, -0.25) is 0 Å². The lowest BCUT2D eigenvalue weighted by Gasteiger charge is -2.19. The highest BCUT2D eigenvalue weighted by molar-refractivity contribution is 5.68. The third-order valence-electron chi connectivity index (χ3n) is 2.99. The number of carboxylic acids is 1. The van der Waals surface area contributed by atoms with Crippen LogP contribution in [-0.2, 0) is 9.53 Å². The first-order chi connectivity index (χ1) is 6.77. The topological polar surface area (TPSA) is 46.5 Å². The zero-order valence-corrected chi connectivity index (χ0v) is 8.24. The smallest absolute Gasteiger partial charge is 0.329 e. The van der Waals surface area contributed by atoms with Crippen molar-refractivity contribution in [2.24, 2.45) is 5.92 Å². The van der Waals surface area contributed by atoms with Gasteiger partial charge in [0.05, 0.1) is 6.10 Å². The van der Waals surface area contributed by atoms with Crippen molar-refractivity contribution in [1.82, 2.24) is 0 Å². The zero-order valence-electron chi connectivity index (χ0n) is 8.24. The molecule has 0 saturated heterocycles. The van der Waals surface area contributed by atoms with E-state index in [1.54, 1.807) is 0 Å². The molecule has 1 saturated carbocycles. The summed E-state index contributed by atoms with van der Waals surface area (Å²) >= 11 is 0. The van der Waals surface area contributed by atoms with Crippen LogP contribution >= 0.6 is 0 Å². The first kappa shape index (κ1) is 9.71. The van der Waals surface area contributed by atoms with Crippen LogP contribution in [0, 0.1) is 5.92 Å². The van der Waals surface area contributed by atoms with Crippen LogP contribution in [0.5, 0.6) is 0 Å². The highest BCUT2D eigenvalue weighted by Gasteiger charge is 2.34. The van der Waals surface area contributed by atoms with Gasteiger partial charge in [-0.2, -0.15) is 0 Å². The van der Waals surface area contributed by atoms with Crippen LogP contribution in [0.2, 0.25) is 0 Å². The molecule has 2 atom stereocenters. The third kappa shape index (κ3) is 2.35. The quantitative estimate of drug-likeness (QED) is 0.702. The highest BCUT2D eigenvalue weighted by atomic mass is 16.5. The number of hydrogen-bond donors (Lipinski definition) is 1. The second kappa shape index (κ2) is 4.13. The summed E-state index contributed by atoms with van der Waals surface area (Å²) in [5.74, 6) is -0.399. The van der Waals surface area contributed by atoms with Crippen LogP contribution in [0.15, 0.2) is 11.6 Å². The predicted molar refractivity (Wildman–Crippen MR) is 52.0 cm³/mol. The molecule has 1 N–H and O–H groups in total. The molecule has 2 aliphatic carbocycles. The van der Waals surface area contributed by atoms with Gasteiger partial charge >= 0.3 is 5.97 Å². The molecule has 0 bridgehead atoms. The van der Waals surface area contributed by atoms with Gasteiger partial charge in [0.15, 0.2) is 0 Å². The lowest BCUT2D eigenvalue weighted by atomic mass is 9.97. The van der Waals surface area contributed by atoms with Crippen molar-refractivity contribution in [2.75, 3.05) is 6.61 Å². The van der Waals surface area contributed by atoms with Crippen molar-refractivity contribution >= 4 is 5.97 Å². The molecular weight excluding hydrogens is 180 g/mol. The molecule has 3 nitrogen and oxygen atoms in total. The van der Waals surface area contributed by atoms with Gasteiger partial charge in [0.25, 0.3) is 0 Å². The van der Waals surface area contributed by atoms with E-state index >= 15 is 0 Å². The Hall–Kier alpha value is -0.830. The molecular formula is C11H16O3. The molecule has 0 spiro atoms. The average molecular weight is 196 g/mol. The highest BCUT2D eigenvalue weighted by Crippen LogP contribution is 2.41. The molecule has 0 aromatic rings. The van der Waals surface area contributed by atoms with Gasteiger partial charge in [0.1, 0.15) is 6.61 Å². The lowest BCUT2D eigenvalue weighted by molar-refractivity contribution is -0.144. The number of fused-ring (bicyclic) bond motifs is 1. The summed E-state index contributed by atoms with van der Waals surface area (Å²) in [6.07, 6.45) is 8.28. The van der Waals surface area contributed by atoms with E-state index < -0.39 is 5.97 Å². The molecule has 0 radical (unpaired) electrons. The van der Waals surface area contributed by atoms with Crippen LogP contribution in [0.3, 0.4) is 0 Å². The summed E-state index contributed by atoms with van der Waals surface area (Å²) < 4.78 is 5.38. The van der Waals surface area contributed by atoms with E-state index in [1.165, 1.54) is 31.3 Å². The van der Waals surface area contributed by atoms with Gasteiger partial charge < -0.3 is 9.84 Å². The summed E-state index contributed by atoms with van der Waals surface area (Å²) in [5.41, 5.74) is 1.49. The Morgan fingerprint density at radius 3 is 3.14 bits per heavy atom. The molecule has 3 heteroatoms. The molecule has 2 aliphatic rings. The van der Waals surface area contributed by atoms with E-state index in [2.05, 4.69) is 6.08 Å². The van der Waals surface area contributed by atoms with Crippen molar-refractivity contribution in [3.05, 3.63) is 11.6 Å². The van der Waals surface area contributed by atoms with Crippen molar-refractivity contribution < 1.29 is 14.6 Å². The number of hydrogen-bond acceptors (Lipinski definition) is 2. The number of carbonyl (C=O) groups is 1. The Kier molecular flexibility index (Phi) is 2.87. The van der Waals surface area contributed by atoms with Gasteiger partial charge in [-0.05, 0) is 19.3 Å². The van der Waals surface area contributed by atoms with Gasteiger partial charge in [-0.1, -0.05) is 24.5 Å². The van der Waals surface area contributed by atoms with Gasteiger partial charge in [0, 0.05) is 5.92 Å². The van der Waals surface area contributed by atoms with Crippen molar-refractivity contribution in [3.63, 3.8) is 0 Å². The Balaban J connectivity index is 1.81. The van der Waals surface area contributed by atoms with E-state index in [9.17, 15) is 4.79 Å². The fourth-order valence-corrected chi connectivity index (χ4v) is 2.17. The maximum absolute atomic E-state index is 10.4. The van der Waals surface area contributed by atoms with E-state index in [0.717, 1.165) is 6.42 Å². The van der Waals surface area contributed by atoms with Crippen LogP contribution in [0.4, 0.5) is 0 Å².